The number of benzene rings is 3. The van der Waals surface area contributed by atoms with Gasteiger partial charge in [0.15, 0.2) is 0 Å². The minimum Gasteiger partial charge on any atom is -0.404 e. The molecule has 0 aliphatic carbocycles. The molecule has 0 atom stereocenters. The van der Waals surface area contributed by atoms with Crippen molar-refractivity contribution in [3.8, 4) is 5.75 Å². The van der Waals surface area contributed by atoms with Crippen LogP contribution in [0.4, 0.5) is 5.69 Å². The van der Waals surface area contributed by atoms with Crippen LogP contribution in [0.3, 0.4) is 0 Å². The fraction of sp³-hybridized carbons (Fsp3) is 0.105. The van der Waals surface area contributed by atoms with E-state index in [4.69, 9.17) is 9.79 Å². The number of phosphoric acid groups is 1. The Labute approximate surface area is 150 Å². The normalized spacial score (nSPS) is 11.4. The number of hydrogen-bond donors (Lipinski definition) is 3. The van der Waals surface area contributed by atoms with Crippen molar-refractivity contribution in [1.82, 2.24) is 0 Å². The minimum absolute atomic E-state index is 0.0668. The molecule has 7 heteroatoms. The summed E-state index contributed by atoms with van der Waals surface area (Å²) < 4.78 is 15.8. The molecule has 0 aliphatic heterocycles. The summed E-state index contributed by atoms with van der Waals surface area (Å²) >= 11 is 0. The van der Waals surface area contributed by atoms with E-state index in [1.54, 1.807) is 24.3 Å². The summed E-state index contributed by atoms with van der Waals surface area (Å²) in [4.78, 5) is 30.9. The molecule has 0 saturated carbocycles. The Balaban J connectivity index is 2.04. The third-order valence-electron chi connectivity index (χ3n) is 3.93. The first-order valence-electron chi connectivity index (χ1n) is 7.89. The summed E-state index contributed by atoms with van der Waals surface area (Å²) in [5, 5.41) is 4.15. The van der Waals surface area contributed by atoms with Gasteiger partial charge < -0.3 is 9.84 Å². The van der Waals surface area contributed by atoms with Gasteiger partial charge in [-0.3, -0.25) is 14.6 Å². The Morgan fingerprint density at radius 2 is 1.77 bits per heavy atom. The number of phosphoric ester groups is 1. The van der Waals surface area contributed by atoms with Crippen molar-refractivity contribution in [2.24, 2.45) is 0 Å². The lowest BCUT2D eigenvalue weighted by Crippen LogP contribution is -2.13. The van der Waals surface area contributed by atoms with E-state index in [2.05, 4.69) is 9.84 Å². The van der Waals surface area contributed by atoms with Crippen molar-refractivity contribution >= 4 is 30.2 Å². The summed E-state index contributed by atoms with van der Waals surface area (Å²) in [5.41, 5.74) is 2.95. The molecule has 0 heterocycles. The maximum atomic E-state index is 12.8. The highest BCUT2D eigenvalue weighted by Gasteiger charge is 2.19. The van der Waals surface area contributed by atoms with Crippen LogP contribution in [0.15, 0.2) is 54.6 Å². The molecule has 3 rings (SSSR count). The van der Waals surface area contributed by atoms with Gasteiger partial charge in [0.1, 0.15) is 5.75 Å². The van der Waals surface area contributed by atoms with E-state index < -0.39 is 7.82 Å². The van der Waals surface area contributed by atoms with Crippen LogP contribution in [-0.2, 0) is 4.57 Å². The standard InChI is InChI=1S/C19H18NO5P/c1-12-7-8-18(13(2)9-12)20-19(21)17-11-15(25-26(22,23)24)10-14-5-3-4-6-16(14)17/h3-11H,1-2H3,(H,20,21)(H2,22,23,24). The van der Waals surface area contributed by atoms with Gasteiger partial charge in [-0.05, 0) is 48.4 Å². The number of carbonyl (C=O) groups is 1. The van der Waals surface area contributed by atoms with Gasteiger partial charge in [0.25, 0.3) is 5.91 Å². The Kier molecular flexibility index (Phi) is 4.83. The largest absolute Gasteiger partial charge is 0.524 e. The van der Waals surface area contributed by atoms with Crippen molar-refractivity contribution in [1.29, 1.82) is 0 Å². The molecule has 0 bridgehead atoms. The molecule has 0 aromatic heterocycles. The van der Waals surface area contributed by atoms with Crippen LogP contribution >= 0.6 is 7.82 Å². The molecule has 6 nitrogen and oxygen atoms in total. The number of fused-ring (bicyclic) bond motifs is 1. The van der Waals surface area contributed by atoms with Gasteiger partial charge in [0.05, 0.1) is 5.56 Å². The Morgan fingerprint density at radius 3 is 2.46 bits per heavy atom. The molecule has 0 radical (unpaired) electrons. The first-order valence-corrected chi connectivity index (χ1v) is 9.42. The first-order chi connectivity index (χ1) is 12.2. The summed E-state index contributed by atoms with van der Waals surface area (Å²) in [6.45, 7) is 3.86. The lowest BCUT2D eigenvalue weighted by molar-refractivity contribution is 0.102. The van der Waals surface area contributed by atoms with E-state index in [1.165, 1.54) is 12.1 Å². The van der Waals surface area contributed by atoms with Crippen LogP contribution < -0.4 is 9.84 Å². The molecule has 134 valence electrons. The van der Waals surface area contributed by atoms with Gasteiger partial charge in [0, 0.05) is 5.69 Å². The molecule has 3 N–H and O–H groups in total. The maximum Gasteiger partial charge on any atom is 0.524 e. The molecule has 0 spiro atoms. The monoisotopic (exact) mass is 371 g/mol. The zero-order valence-corrected chi connectivity index (χ0v) is 15.2. The molecular formula is C19H18NO5P. The fourth-order valence-corrected chi connectivity index (χ4v) is 3.18. The van der Waals surface area contributed by atoms with Crippen molar-refractivity contribution < 1.29 is 23.7 Å². The van der Waals surface area contributed by atoms with E-state index in [1.807, 2.05) is 32.0 Å². The molecule has 0 unspecified atom stereocenters. The van der Waals surface area contributed by atoms with Crippen LogP contribution in [0, 0.1) is 13.8 Å². The highest BCUT2D eigenvalue weighted by molar-refractivity contribution is 7.46. The van der Waals surface area contributed by atoms with Gasteiger partial charge in [-0.2, -0.15) is 0 Å². The fourth-order valence-electron chi connectivity index (χ4n) is 2.80. The summed E-state index contributed by atoms with van der Waals surface area (Å²) in [5.74, 6) is -0.452. The van der Waals surface area contributed by atoms with E-state index in [0.717, 1.165) is 11.1 Å². The van der Waals surface area contributed by atoms with Gasteiger partial charge in [-0.15, -0.1) is 0 Å². The molecule has 1 amide bonds. The molecule has 0 fully saturated rings. The topological polar surface area (TPSA) is 95.9 Å². The lowest BCUT2D eigenvalue weighted by Gasteiger charge is -2.13. The number of hydrogen-bond acceptors (Lipinski definition) is 3. The second-order valence-corrected chi connectivity index (χ2v) is 7.21. The van der Waals surface area contributed by atoms with Gasteiger partial charge >= 0.3 is 7.82 Å². The maximum absolute atomic E-state index is 12.8. The molecular weight excluding hydrogens is 353 g/mol. The van der Waals surface area contributed by atoms with Crippen LogP contribution in [0.5, 0.6) is 5.75 Å². The Morgan fingerprint density at radius 1 is 1.04 bits per heavy atom. The first kappa shape index (κ1) is 18.1. The number of rotatable bonds is 4. The second-order valence-electron chi connectivity index (χ2n) is 6.05. The van der Waals surface area contributed by atoms with Crippen molar-refractivity contribution in [3.05, 3.63) is 71.3 Å². The highest BCUT2D eigenvalue weighted by atomic mass is 31.2. The summed E-state index contributed by atoms with van der Waals surface area (Å²) in [6, 6.07) is 15.6. The zero-order valence-electron chi connectivity index (χ0n) is 14.3. The molecule has 3 aromatic rings. The molecule has 3 aromatic carbocycles. The molecule has 0 saturated heterocycles. The van der Waals surface area contributed by atoms with E-state index in [0.29, 0.717) is 16.5 Å². The van der Waals surface area contributed by atoms with Crippen molar-refractivity contribution in [3.63, 3.8) is 0 Å². The van der Waals surface area contributed by atoms with Crippen LogP contribution in [-0.4, -0.2) is 15.7 Å². The minimum atomic E-state index is -4.73. The van der Waals surface area contributed by atoms with Gasteiger partial charge in [0.2, 0.25) is 0 Å². The average molecular weight is 371 g/mol. The quantitative estimate of drug-likeness (QED) is 0.598. The number of carbonyl (C=O) groups excluding carboxylic acids is 1. The third-order valence-corrected chi connectivity index (χ3v) is 4.38. The number of aryl methyl sites for hydroxylation is 2. The average Bonchev–Trinajstić information content (AvgIpc) is 2.55. The number of anilines is 1. The van der Waals surface area contributed by atoms with E-state index in [-0.39, 0.29) is 17.2 Å². The summed E-state index contributed by atoms with van der Waals surface area (Å²) in [6.07, 6.45) is 0. The zero-order chi connectivity index (χ0) is 18.9. The molecule has 26 heavy (non-hydrogen) atoms. The highest BCUT2D eigenvalue weighted by Crippen LogP contribution is 2.39. The van der Waals surface area contributed by atoms with Crippen molar-refractivity contribution in [2.45, 2.75) is 13.8 Å². The SMILES string of the molecule is Cc1ccc(NC(=O)c2cc(OP(=O)(O)O)cc3ccccc23)c(C)c1. The van der Waals surface area contributed by atoms with E-state index in [9.17, 15) is 9.36 Å². The smallest absolute Gasteiger partial charge is 0.404 e. The van der Waals surface area contributed by atoms with Crippen molar-refractivity contribution in [2.75, 3.05) is 5.32 Å². The van der Waals surface area contributed by atoms with Crippen LogP contribution in [0.1, 0.15) is 21.5 Å². The third kappa shape index (κ3) is 4.11. The second kappa shape index (κ2) is 6.92. The predicted octanol–water partition coefficient (Wildman–Crippen LogP) is 4.18. The Bertz CT molecular complexity index is 1040. The number of nitrogens with one attached hydrogen (secondary N) is 1. The number of amides is 1. The van der Waals surface area contributed by atoms with Gasteiger partial charge in [-0.1, -0.05) is 42.0 Å². The lowest BCUT2D eigenvalue weighted by atomic mass is 10.0. The van der Waals surface area contributed by atoms with E-state index >= 15 is 0 Å². The summed E-state index contributed by atoms with van der Waals surface area (Å²) in [7, 11) is -4.73. The van der Waals surface area contributed by atoms with Gasteiger partial charge in [-0.25, -0.2) is 4.57 Å². The Hall–Kier alpha value is -2.66. The van der Waals surface area contributed by atoms with Crippen LogP contribution in [0.25, 0.3) is 10.8 Å². The molecule has 0 aliphatic rings. The predicted molar refractivity (Wildman–Crippen MR) is 100 cm³/mol. The van der Waals surface area contributed by atoms with Crippen LogP contribution in [0.2, 0.25) is 0 Å².